The molecule has 1 aromatic carbocycles. The number of carbonyl (C=O) groups excluding carboxylic acids is 2. The highest BCUT2D eigenvalue weighted by Gasteiger charge is 2.90. The number of benzene rings is 1. The van der Waals surface area contributed by atoms with Crippen LogP contribution < -0.4 is 0 Å². The van der Waals surface area contributed by atoms with Crippen molar-refractivity contribution in [3.05, 3.63) is 35.4 Å². The normalized spacial score (nSPS) is 53.4. The van der Waals surface area contributed by atoms with Crippen LogP contribution in [0, 0.1) is 52.8 Å². The Bertz CT molecular complexity index is 786. The molecular formula is C18H13NO2. The van der Waals surface area contributed by atoms with E-state index in [0.29, 0.717) is 40.8 Å². The maximum Gasteiger partial charge on any atom is 0.148 e. The van der Waals surface area contributed by atoms with Gasteiger partial charge in [-0.3, -0.25) is 9.59 Å². The summed E-state index contributed by atoms with van der Waals surface area (Å²) in [5, 5.41) is 8.95. The van der Waals surface area contributed by atoms with Crippen LogP contribution in [0.3, 0.4) is 0 Å². The van der Waals surface area contributed by atoms with Crippen LogP contribution in [-0.4, -0.2) is 11.6 Å². The van der Waals surface area contributed by atoms with Gasteiger partial charge in [0.2, 0.25) is 0 Å². The standard InChI is InChI=1S/C18H13NO2/c19-6-7-1-3-8(4-2-7)18-14-10-5-9-11(12(10)17(18)21)16(20)15(18)13(9)14/h1-4,9-15H,5H2. The van der Waals surface area contributed by atoms with E-state index in [1.165, 1.54) is 0 Å². The molecule has 5 aliphatic rings. The molecule has 0 radical (unpaired) electrons. The van der Waals surface area contributed by atoms with Gasteiger partial charge in [0.05, 0.1) is 17.0 Å². The molecular weight excluding hydrogens is 262 g/mol. The molecule has 3 nitrogen and oxygen atoms in total. The SMILES string of the molecule is N#Cc1ccc(C23C(=O)C4C5CC6C4C(=O)C2C6C53)cc1. The fourth-order valence-electron chi connectivity index (χ4n) is 7.24. The molecule has 0 heterocycles. The van der Waals surface area contributed by atoms with Crippen LogP contribution in [0.5, 0.6) is 0 Å². The Morgan fingerprint density at radius 2 is 1.86 bits per heavy atom. The topological polar surface area (TPSA) is 57.9 Å². The van der Waals surface area contributed by atoms with Crippen LogP contribution in [0.4, 0.5) is 0 Å². The first-order valence-electron chi connectivity index (χ1n) is 7.80. The third-order valence-electron chi connectivity index (χ3n) is 7.46. The van der Waals surface area contributed by atoms with Gasteiger partial charge in [0.1, 0.15) is 11.6 Å². The second-order valence-electron chi connectivity index (χ2n) is 7.52. The van der Waals surface area contributed by atoms with Gasteiger partial charge >= 0.3 is 0 Å². The Morgan fingerprint density at radius 3 is 2.57 bits per heavy atom. The highest BCUT2D eigenvalue weighted by molar-refractivity contribution is 6.12. The number of Topliss-reactive ketones (excluding diaryl/α,β-unsaturated/α-hetero) is 2. The zero-order valence-electron chi connectivity index (χ0n) is 11.3. The predicted molar refractivity (Wildman–Crippen MR) is 71.9 cm³/mol. The van der Waals surface area contributed by atoms with E-state index in [2.05, 4.69) is 6.07 Å². The lowest BCUT2D eigenvalue weighted by Crippen LogP contribution is -2.62. The summed E-state index contributed by atoms with van der Waals surface area (Å²) >= 11 is 0. The summed E-state index contributed by atoms with van der Waals surface area (Å²) < 4.78 is 0. The number of hydrogen-bond acceptors (Lipinski definition) is 3. The molecule has 0 amide bonds. The minimum atomic E-state index is -0.507. The monoisotopic (exact) mass is 275 g/mol. The van der Waals surface area contributed by atoms with Gasteiger partial charge in [-0.05, 0) is 47.8 Å². The molecule has 3 heteroatoms. The quantitative estimate of drug-likeness (QED) is 0.784. The van der Waals surface area contributed by atoms with Gasteiger partial charge in [0, 0.05) is 17.8 Å². The van der Waals surface area contributed by atoms with E-state index in [9.17, 15) is 9.59 Å². The minimum absolute atomic E-state index is 0.0261. The van der Waals surface area contributed by atoms with E-state index >= 15 is 0 Å². The van der Waals surface area contributed by atoms with Crippen molar-refractivity contribution in [2.24, 2.45) is 41.4 Å². The molecule has 5 aliphatic carbocycles. The minimum Gasteiger partial charge on any atom is -0.299 e. The highest BCUT2D eigenvalue weighted by atomic mass is 16.1. The average Bonchev–Trinajstić information content (AvgIpc) is 3.02. The highest BCUT2D eigenvalue weighted by Crippen LogP contribution is 2.85. The summed E-state index contributed by atoms with van der Waals surface area (Å²) in [4.78, 5) is 25.9. The largest absolute Gasteiger partial charge is 0.299 e. The number of nitrogens with zero attached hydrogens (tertiary/aromatic N) is 1. The number of fused-ring (bicyclic) bond motifs is 2. The third-order valence-corrected chi connectivity index (χ3v) is 7.46. The molecule has 0 aliphatic heterocycles. The van der Waals surface area contributed by atoms with Crippen molar-refractivity contribution in [2.75, 3.05) is 0 Å². The summed E-state index contributed by atoms with van der Waals surface area (Å²) in [5.74, 6) is 2.69. The Hall–Kier alpha value is -1.95. The predicted octanol–water partition coefficient (Wildman–Crippen LogP) is 1.71. The van der Waals surface area contributed by atoms with E-state index < -0.39 is 5.41 Å². The maximum absolute atomic E-state index is 13.1. The molecule has 0 saturated heterocycles. The summed E-state index contributed by atoms with van der Waals surface area (Å²) in [5.41, 5.74) is 1.11. The van der Waals surface area contributed by atoms with Crippen molar-refractivity contribution in [1.82, 2.24) is 0 Å². The lowest BCUT2D eigenvalue weighted by atomic mass is 9.46. The van der Waals surface area contributed by atoms with Crippen molar-refractivity contribution < 1.29 is 9.59 Å². The van der Waals surface area contributed by atoms with Crippen LogP contribution in [0.15, 0.2) is 24.3 Å². The van der Waals surface area contributed by atoms with Gasteiger partial charge in [-0.25, -0.2) is 0 Å². The molecule has 2 bridgehead atoms. The van der Waals surface area contributed by atoms with Gasteiger partial charge < -0.3 is 0 Å². The van der Waals surface area contributed by atoms with Crippen LogP contribution in [0.1, 0.15) is 17.5 Å². The lowest BCUT2D eigenvalue weighted by molar-refractivity contribution is -0.149. The second-order valence-corrected chi connectivity index (χ2v) is 7.52. The molecule has 5 fully saturated rings. The first-order valence-corrected chi connectivity index (χ1v) is 7.80. The van der Waals surface area contributed by atoms with Crippen LogP contribution in [0.25, 0.3) is 0 Å². The smallest absolute Gasteiger partial charge is 0.148 e. The van der Waals surface area contributed by atoms with E-state index in [-0.39, 0.29) is 17.8 Å². The van der Waals surface area contributed by atoms with Gasteiger partial charge in [-0.15, -0.1) is 0 Å². The van der Waals surface area contributed by atoms with E-state index in [0.717, 1.165) is 12.0 Å². The second kappa shape index (κ2) is 2.83. The van der Waals surface area contributed by atoms with Crippen LogP contribution >= 0.6 is 0 Å². The zero-order chi connectivity index (χ0) is 14.1. The van der Waals surface area contributed by atoms with Crippen LogP contribution in [0.2, 0.25) is 0 Å². The van der Waals surface area contributed by atoms with Gasteiger partial charge in [0.25, 0.3) is 0 Å². The van der Waals surface area contributed by atoms with E-state index in [1.54, 1.807) is 12.1 Å². The third kappa shape index (κ3) is 0.763. The van der Waals surface area contributed by atoms with Crippen molar-refractivity contribution in [3.63, 3.8) is 0 Å². The molecule has 1 aromatic rings. The maximum atomic E-state index is 13.1. The van der Waals surface area contributed by atoms with Gasteiger partial charge in [-0.2, -0.15) is 5.26 Å². The Morgan fingerprint density at radius 1 is 1.10 bits per heavy atom. The molecule has 21 heavy (non-hydrogen) atoms. The Kier molecular flexibility index (Phi) is 1.45. The number of nitriles is 1. The number of ketones is 2. The number of carbonyl (C=O) groups is 2. The molecule has 102 valence electrons. The zero-order valence-corrected chi connectivity index (χ0v) is 11.3. The molecule has 8 unspecified atom stereocenters. The molecule has 0 N–H and O–H groups in total. The van der Waals surface area contributed by atoms with Crippen molar-refractivity contribution in [1.29, 1.82) is 5.26 Å². The molecule has 8 atom stereocenters. The summed E-state index contributed by atoms with van der Waals surface area (Å²) in [6.45, 7) is 0. The number of hydrogen-bond donors (Lipinski definition) is 0. The fourth-order valence-corrected chi connectivity index (χ4v) is 7.24. The summed E-state index contributed by atoms with van der Waals surface area (Å²) in [6.07, 6.45) is 1.11. The van der Waals surface area contributed by atoms with E-state index in [4.69, 9.17) is 5.26 Å². The molecule has 6 rings (SSSR count). The Labute approximate surface area is 121 Å². The summed E-state index contributed by atoms with van der Waals surface area (Å²) in [7, 11) is 0. The van der Waals surface area contributed by atoms with Gasteiger partial charge in [-0.1, -0.05) is 12.1 Å². The Balaban J connectivity index is 1.61. The van der Waals surface area contributed by atoms with Crippen molar-refractivity contribution >= 4 is 11.6 Å². The average molecular weight is 275 g/mol. The van der Waals surface area contributed by atoms with Crippen molar-refractivity contribution in [2.45, 2.75) is 11.8 Å². The van der Waals surface area contributed by atoms with Crippen LogP contribution in [-0.2, 0) is 15.0 Å². The number of rotatable bonds is 1. The first kappa shape index (κ1) is 10.7. The molecule has 5 saturated carbocycles. The van der Waals surface area contributed by atoms with Crippen molar-refractivity contribution in [3.8, 4) is 6.07 Å². The summed E-state index contributed by atoms with van der Waals surface area (Å²) in [6, 6.07) is 9.55. The van der Waals surface area contributed by atoms with Gasteiger partial charge in [0.15, 0.2) is 0 Å². The first-order chi connectivity index (χ1) is 10.2. The lowest BCUT2D eigenvalue weighted by Gasteiger charge is -2.54. The molecule has 0 aromatic heterocycles. The molecule has 0 spiro atoms. The fraction of sp³-hybridized carbons (Fsp3) is 0.500. The van der Waals surface area contributed by atoms with E-state index in [1.807, 2.05) is 12.1 Å².